The van der Waals surface area contributed by atoms with Gasteiger partial charge in [0.1, 0.15) is 5.82 Å². The number of halogens is 1. The van der Waals surface area contributed by atoms with Gasteiger partial charge in [0, 0.05) is 6.04 Å². The molecule has 21 heavy (non-hydrogen) atoms. The van der Waals surface area contributed by atoms with Crippen LogP contribution in [0.15, 0.2) is 54.6 Å². The zero-order valence-electron chi connectivity index (χ0n) is 11.9. The third-order valence-electron chi connectivity index (χ3n) is 4.30. The first-order valence-corrected chi connectivity index (χ1v) is 7.43. The molecule has 3 rings (SSSR count). The largest absolute Gasteiger partial charge is 0.394 e. The Morgan fingerprint density at radius 2 is 1.71 bits per heavy atom. The van der Waals surface area contributed by atoms with Crippen LogP contribution in [-0.2, 0) is 0 Å². The summed E-state index contributed by atoms with van der Waals surface area (Å²) in [6.07, 6.45) is 2.07. The van der Waals surface area contributed by atoms with Crippen LogP contribution in [0.2, 0.25) is 0 Å². The Hall–Kier alpha value is -1.71. The average Bonchev–Trinajstić information content (AvgIpc) is 2.49. The monoisotopic (exact) mass is 285 g/mol. The highest BCUT2D eigenvalue weighted by atomic mass is 19.1. The lowest BCUT2D eigenvalue weighted by Crippen LogP contribution is -2.43. The van der Waals surface area contributed by atoms with E-state index in [1.807, 2.05) is 42.5 Å². The molecule has 0 heterocycles. The minimum Gasteiger partial charge on any atom is -0.394 e. The molecule has 3 heteroatoms. The highest BCUT2D eigenvalue weighted by Crippen LogP contribution is 2.37. The molecular formula is C18H20FNO. The van der Waals surface area contributed by atoms with Gasteiger partial charge < -0.3 is 10.4 Å². The molecule has 0 bridgehead atoms. The van der Waals surface area contributed by atoms with Gasteiger partial charge in [-0.1, -0.05) is 42.5 Å². The zero-order valence-corrected chi connectivity index (χ0v) is 11.9. The maximum absolute atomic E-state index is 12.9. The van der Waals surface area contributed by atoms with Crippen LogP contribution >= 0.6 is 0 Å². The van der Waals surface area contributed by atoms with E-state index in [4.69, 9.17) is 0 Å². The van der Waals surface area contributed by atoms with E-state index in [2.05, 4.69) is 5.32 Å². The molecule has 1 saturated carbocycles. The van der Waals surface area contributed by atoms with Crippen molar-refractivity contribution in [2.45, 2.75) is 30.8 Å². The third-order valence-corrected chi connectivity index (χ3v) is 4.30. The van der Waals surface area contributed by atoms with Crippen molar-refractivity contribution in [3.8, 4) is 0 Å². The molecule has 0 amide bonds. The molecule has 0 aromatic heterocycles. The number of aliphatic hydroxyl groups excluding tert-OH is 1. The van der Waals surface area contributed by atoms with E-state index >= 15 is 0 Å². The van der Waals surface area contributed by atoms with Crippen LogP contribution in [0.5, 0.6) is 0 Å². The highest BCUT2D eigenvalue weighted by molar-refractivity contribution is 5.24. The van der Waals surface area contributed by atoms with Gasteiger partial charge >= 0.3 is 0 Å². The summed E-state index contributed by atoms with van der Waals surface area (Å²) < 4.78 is 12.9. The number of nitrogens with one attached hydrogen (secondary N) is 1. The van der Waals surface area contributed by atoms with Crippen LogP contribution < -0.4 is 5.32 Å². The van der Waals surface area contributed by atoms with Crippen molar-refractivity contribution in [2.75, 3.05) is 6.61 Å². The molecule has 2 aromatic rings. The number of benzene rings is 2. The summed E-state index contributed by atoms with van der Waals surface area (Å²) in [6, 6.07) is 17.2. The Kier molecular flexibility index (Phi) is 4.32. The topological polar surface area (TPSA) is 32.3 Å². The van der Waals surface area contributed by atoms with E-state index in [0.29, 0.717) is 12.0 Å². The first-order chi connectivity index (χ1) is 10.3. The highest BCUT2D eigenvalue weighted by Gasteiger charge is 2.31. The lowest BCUT2D eigenvalue weighted by atomic mass is 9.75. The van der Waals surface area contributed by atoms with E-state index in [1.165, 1.54) is 17.7 Å². The first kappa shape index (κ1) is 14.2. The second-order valence-corrected chi connectivity index (χ2v) is 5.73. The standard InChI is InChI=1S/C18H20FNO/c19-16-8-6-13(7-9-16)15-10-17(11-15)20-18(12-21)14-4-2-1-3-5-14/h1-9,15,17-18,20-21H,10-12H2/t15?,17?,18-/m0/s1. The number of hydrogen-bond donors (Lipinski definition) is 2. The second-order valence-electron chi connectivity index (χ2n) is 5.73. The fraction of sp³-hybridized carbons (Fsp3) is 0.333. The summed E-state index contributed by atoms with van der Waals surface area (Å²) in [5.74, 6) is 0.315. The third kappa shape index (κ3) is 3.31. The molecule has 1 aliphatic rings. The Morgan fingerprint density at radius 3 is 2.33 bits per heavy atom. The van der Waals surface area contributed by atoms with Crippen molar-refractivity contribution < 1.29 is 9.50 Å². The van der Waals surface area contributed by atoms with E-state index in [-0.39, 0.29) is 18.5 Å². The molecule has 0 saturated heterocycles. The van der Waals surface area contributed by atoms with Crippen molar-refractivity contribution in [2.24, 2.45) is 0 Å². The summed E-state index contributed by atoms with van der Waals surface area (Å²) in [5.41, 5.74) is 2.32. The van der Waals surface area contributed by atoms with Gasteiger partial charge in [-0.3, -0.25) is 0 Å². The Labute approximate surface area is 124 Å². The van der Waals surface area contributed by atoms with Gasteiger partial charge in [0.25, 0.3) is 0 Å². The summed E-state index contributed by atoms with van der Waals surface area (Å²) in [5, 5.41) is 13.1. The molecule has 110 valence electrons. The summed E-state index contributed by atoms with van der Waals surface area (Å²) in [7, 11) is 0. The van der Waals surface area contributed by atoms with E-state index in [1.54, 1.807) is 0 Å². The van der Waals surface area contributed by atoms with Gasteiger partial charge in [0.15, 0.2) is 0 Å². The second kappa shape index (κ2) is 6.37. The Balaban J connectivity index is 1.55. The molecule has 2 N–H and O–H groups in total. The normalized spacial score (nSPS) is 22.6. The van der Waals surface area contributed by atoms with Crippen molar-refractivity contribution in [1.82, 2.24) is 5.32 Å². The predicted molar refractivity (Wildman–Crippen MR) is 81.6 cm³/mol. The van der Waals surface area contributed by atoms with Gasteiger partial charge in [-0.05, 0) is 42.0 Å². The van der Waals surface area contributed by atoms with E-state index < -0.39 is 0 Å². The fourth-order valence-electron chi connectivity index (χ4n) is 2.99. The van der Waals surface area contributed by atoms with Crippen LogP contribution in [0, 0.1) is 5.82 Å². The van der Waals surface area contributed by atoms with Crippen molar-refractivity contribution in [1.29, 1.82) is 0 Å². The summed E-state index contributed by atoms with van der Waals surface area (Å²) in [4.78, 5) is 0. The lowest BCUT2D eigenvalue weighted by molar-refractivity contribution is 0.197. The van der Waals surface area contributed by atoms with E-state index in [0.717, 1.165) is 18.4 Å². The average molecular weight is 285 g/mol. The molecule has 2 aromatic carbocycles. The van der Waals surface area contributed by atoms with Crippen LogP contribution in [0.3, 0.4) is 0 Å². The molecule has 1 atom stereocenters. The Morgan fingerprint density at radius 1 is 1.05 bits per heavy atom. The maximum atomic E-state index is 12.9. The van der Waals surface area contributed by atoms with Crippen LogP contribution in [-0.4, -0.2) is 17.8 Å². The molecule has 0 spiro atoms. The van der Waals surface area contributed by atoms with Gasteiger partial charge in [0.05, 0.1) is 12.6 Å². The molecule has 1 fully saturated rings. The number of hydrogen-bond acceptors (Lipinski definition) is 2. The quantitative estimate of drug-likeness (QED) is 0.882. The fourth-order valence-corrected chi connectivity index (χ4v) is 2.99. The minimum absolute atomic E-state index is 0.00892. The zero-order chi connectivity index (χ0) is 14.7. The van der Waals surface area contributed by atoms with Gasteiger partial charge in [-0.15, -0.1) is 0 Å². The van der Waals surface area contributed by atoms with Crippen molar-refractivity contribution in [3.63, 3.8) is 0 Å². The molecular weight excluding hydrogens is 265 g/mol. The molecule has 1 aliphatic carbocycles. The molecule has 0 radical (unpaired) electrons. The maximum Gasteiger partial charge on any atom is 0.123 e. The first-order valence-electron chi connectivity index (χ1n) is 7.43. The molecule has 0 unspecified atom stereocenters. The number of rotatable bonds is 5. The number of aliphatic hydroxyl groups is 1. The molecule has 2 nitrogen and oxygen atoms in total. The minimum atomic E-state index is -0.183. The van der Waals surface area contributed by atoms with Crippen LogP contribution in [0.25, 0.3) is 0 Å². The summed E-state index contributed by atoms with van der Waals surface area (Å²) >= 11 is 0. The van der Waals surface area contributed by atoms with Gasteiger partial charge in [-0.25, -0.2) is 4.39 Å². The van der Waals surface area contributed by atoms with Crippen molar-refractivity contribution in [3.05, 3.63) is 71.5 Å². The SMILES string of the molecule is OC[C@H](NC1CC(c2ccc(F)cc2)C1)c1ccccc1. The predicted octanol–water partition coefficient (Wildman–Crippen LogP) is 3.39. The van der Waals surface area contributed by atoms with Crippen LogP contribution in [0.1, 0.15) is 35.9 Å². The molecule has 0 aliphatic heterocycles. The summed E-state index contributed by atoms with van der Waals surface area (Å²) in [6.45, 7) is 0.0989. The van der Waals surface area contributed by atoms with E-state index in [9.17, 15) is 9.50 Å². The Bertz CT molecular complexity index is 564. The lowest BCUT2D eigenvalue weighted by Gasteiger charge is -2.38. The smallest absolute Gasteiger partial charge is 0.123 e. The van der Waals surface area contributed by atoms with Crippen LogP contribution in [0.4, 0.5) is 4.39 Å². The van der Waals surface area contributed by atoms with Crippen molar-refractivity contribution >= 4 is 0 Å². The van der Waals surface area contributed by atoms with Gasteiger partial charge in [-0.2, -0.15) is 0 Å². The van der Waals surface area contributed by atoms with Gasteiger partial charge in [0.2, 0.25) is 0 Å².